The third-order valence-corrected chi connectivity index (χ3v) is 6.54. The second-order valence-corrected chi connectivity index (χ2v) is 8.31. The minimum Gasteiger partial charge on any atom is -0.359 e. The molecule has 5 heteroatoms. The van der Waals surface area contributed by atoms with Gasteiger partial charge in [0, 0.05) is 31.6 Å². The van der Waals surface area contributed by atoms with Crippen LogP contribution in [-0.2, 0) is 16.0 Å². The lowest BCUT2D eigenvalue weighted by Gasteiger charge is -2.32. The van der Waals surface area contributed by atoms with E-state index in [4.69, 9.17) is 0 Å². The van der Waals surface area contributed by atoms with Gasteiger partial charge in [0.2, 0.25) is 11.8 Å². The Hall–Kier alpha value is -2.69. The third-order valence-electron chi connectivity index (χ3n) is 6.54. The number of halogens is 1. The highest BCUT2D eigenvalue weighted by atomic mass is 19.1. The standard InChI is InChI=1S/C24H27FN2O2/c1-26-23(29)24(13-14-27(16-24)22(28)17-8-6-9-17)15-18-7-2-3-10-19(18)20-11-4-5-12-21(20)25/h2-5,7,10-12,17H,6,8-9,13-16H2,1H3,(H,26,29). The van der Waals surface area contributed by atoms with E-state index in [-0.39, 0.29) is 23.5 Å². The van der Waals surface area contributed by atoms with Gasteiger partial charge in [-0.1, -0.05) is 48.9 Å². The Bertz CT molecular complexity index is 925. The molecule has 1 saturated carbocycles. The van der Waals surface area contributed by atoms with Gasteiger partial charge in [0.05, 0.1) is 5.41 Å². The van der Waals surface area contributed by atoms with Crippen molar-refractivity contribution in [1.29, 1.82) is 0 Å². The lowest BCUT2D eigenvalue weighted by molar-refractivity contribution is -0.138. The van der Waals surface area contributed by atoms with Crippen molar-refractivity contribution >= 4 is 11.8 Å². The van der Waals surface area contributed by atoms with Gasteiger partial charge in [-0.05, 0) is 42.9 Å². The van der Waals surface area contributed by atoms with Crippen molar-refractivity contribution in [1.82, 2.24) is 10.2 Å². The number of likely N-dealkylation sites (tertiary alicyclic amines) is 1. The maximum atomic E-state index is 14.5. The van der Waals surface area contributed by atoms with Crippen molar-refractivity contribution in [2.24, 2.45) is 11.3 Å². The van der Waals surface area contributed by atoms with Crippen LogP contribution >= 0.6 is 0 Å². The summed E-state index contributed by atoms with van der Waals surface area (Å²) in [6, 6.07) is 14.4. The number of rotatable bonds is 5. The fourth-order valence-corrected chi connectivity index (χ4v) is 4.63. The largest absolute Gasteiger partial charge is 0.359 e. The number of nitrogens with zero attached hydrogens (tertiary/aromatic N) is 1. The van der Waals surface area contributed by atoms with Crippen LogP contribution in [0.2, 0.25) is 0 Å². The van der Waals surface area contributed by atoms with Crippen LogP contribution in [-0.4, -0.2) is 36.9 Å². The van der Waals surface area contributed by atoms with Crippen molar-refractivity contribution in [2.75, 3.05) is 20.1 Å². The molecule has 0 spiro atoms. The second kappa shape index (κ2) is 7.97. The van der Waals surface area contributed by atoms with E-state index >= 15 is 0 Å². The summed E-state index contributed by atoms with van der Waals surface area (Å²) < 4.78 is 14.5. The van der Waals surface area contributed by atoms with E-state index in [0.29, 0.717) is 31.5 Å². The normalized spacial score (nSPS) is 21.7. The molecule has 29 heavy (non-hydrogen) atoms. The SMILES string of the molecule is CNC(=O)C1(Cc2ccccc2-c2ccccc2F)CCN(C(=O)C2CCC2)C1. The molecule has 152 valence electrons. The molecule has 1 aliphatic heterocycles. The molecule has 1 saturated heterocycles. The summed E-state index contributed by atoms with van der Waals surface area (Å²) in [4.78, 5) is 27.6. The summed E-state index contributed by atoms with van der Waals surface area (Å²) in [6.45, 7) is 1.03. The van der Waals surface area contributed by atoms with E-state index < -0.39 is 5.41 Å². The van der Waals surface area contributed by atoms with E-state index in [1.807, 2.05) is 35.2 Å². The molecule has 1 N–H and O–H groups in total. The Morgan fingerprint density at radius 3 is 2.45 bits per heavy atom. The Kier molecular flexibility index (Phi) is 5.39. The number of benzene rings is 2. The molecule has 2 aromatic rings. The van der Waals surface area contributed by atoms with Crippen molar-refractivity contribution in [3.8, 4) is 11.1 Å². The Morgan fingerprint density at radius 2 is 1.79 bits per heavy atom. The number of nitrogens with one attached hydrogen (secondary N) is 1. The third kappa shape index (κ3) is 3.66. The molecule has 2 aliphatic rings. The minimum atomic E-state index is -0.685. The minimum absolute atomic E-state index is 0.0512. The molecule has 2 aromatic carbocycles. The van der Waals surface area contributed by atoms with Crippen LogP contribution in [0.1, 0.15) is 31.2 Å². The zero-order valence-corrected chi connectivity index (χ0v) is 16.8. The molecule has 2 amide bonds. The molecule has 1 heterocycles. The summed E-state index contributed by atoms with van der Waals surface area (Å²) >= 11 is 0. The van der Waals surface area contributed by atoms with Gasteiger partial charge in [-0.25, -0.2) is 4.39 Å². The number of hydrogen-bond acceptors (Lipinski definition) is 2. The molecule has 1 unspecified atom stereocenters. The zero-order chi connectivity index (χ0) is 20.4. The van der Waals surface area contributed by atoms with Crippen LogP contribution in [0.3, 0.4) is 0 Å². The molecule has 1 aliphatic carbocycles. The number of carbonyl (C=O) groups excluding carboxylic acids is 2. The van der Waals surface area contributed by atoms with E-state index in [0.717, 1.165) is 30.4 Å². The number of hydrogen-bond donors (Lipinski definition) is 1. The monoisotopic (exact) mass is 394 g/mol. The summed E-state index contributed by atoms with van der Waals surface area (Å²) in [7, 11) is 1.64. The first-order chi connectivity index (χ1) is 14.0. The van der Waals surface area contributed by atoms with Gasteiger partial charge in [0.15, 0.2) is 0 Å². The second-order valence-electron chi connectivity index (χ2n) is 8.31. The van der Waals surface area contributed by atoms with Gasteiger partial charge >= 0.3 is 0 Å². The highest BCUT2D eigenvalue weighted by Gasteiger charge is 2.47. The topological polar surface area (TPSA) is 49.4 Å². The molecule has 1 atom stereocenters. The van der Waals surface area contributed by atoms with Gasteiger partial charge in [-0.15, -0.1) is 0 Å². The lowest BCUT2D eigenvalue weighted by Crippen LogP contribution is -2.45. The van der Waals surface area contributed by atoms with Crippen molar-refractivity contribution in [3.05, 3.63) is 59.9 Å². The summed E-state index contributed by atoms with van der Waals surface area (Å²) in [5.41, 5.74) is 1.59. The maximum Gasteiger partial charge on any atom is 0.228 e. The predicted molar refractivity (Wildman–Crippen MR) is 111 cm³/mol. The van der Waals surface area contributed by atoms with Crippen LogP contribution in [0.4, 0.5) is 4.39 Å². The maximum absolute atomic E-state index is 14.5. The quantitative estimate of drug-likeness (QED) is 0.839. The van der Waals surface area contributed by atoms with Crippen molar-refractivity contribution in [3.63, 3.8) is 0 Å². The molecule has 2 fully saturated rings. The smallest absolute Gasteiger partial charge is 0.228 e. The molecular formula is C24H27FN2O2. The highest BCUT2D eigenvalue weighted by Crippen LogP contribution is 2.39. The first-order valence-electron chi connectivity index (χ1n) is 10.4. The Balaban J connectivity index is 1.65. The molecule has 0 radical (unpaired) electrons. The summed E-state index contributed by atoms with van der Waals surface area (Å²) in [5, 5.41) is 2.80. The Morgan fingerprint density at radius 1 is 1.10 bits per heavy atom. The first-order valence-corrected chi connectivity index (χ1v) is 10.4. The molecular weight excluding hydrogens is 367 g/mol. The van der Waals surface area contributed by atoms with Gasteiger partial charge in [-0.2, -0.15) is 0 Å². The molecule has 4 rings (SSSR count). The lowest BCUT2D eigenvalue weighted by atomic mass is 9.78. The van der Waals surface area contributed by atoms with Crippen LogP contribution in [0.15, 0.2) is 48.5 Å². The van der Waals surface area contributed by atoms with Crippen LogP contribution in [0.5, 0.6) is 0 Å². The molecule has 4 nitrogen and oxygen atoms in total. The summed E-state index contributed by atoms with van der Waals surface area (Å²) in [5.74, 6) is -0.0162. The Labute approximate surface area is 171 Å². The van der Waals surface area contributed by atoms with Crippen LogP contribution in [0, 0.1) is 17.2 Å². The van der Waals surface area contributed by atoms with Gasteiger partial charge in [0.1, 0.15) is 5.82 Å². The predicted octanol–water partition coefficient (Wildman–Crippen LogP) is 3.80. The molecule has 0 bridgehead atoms. The van der Waals surface area contributed by atoms with Crippen LogP contribution < -0.4 is 5.32 Å². The number of carbonyl (C=O) groups is 2. The van der Waals surface area contributed by atoms with Crippen molar-refractivity contribution in [2.45, 2.75) is 32.1 Å². The van der Waals surface area contributed by atoms with Crippen molar-refractivity contribution < 1.29 is 14.0 Å². The van der Waals surface area contributed by atoms with Crippen LogP contribution in [0.25, 0.3) is 11.1 Å². The van der Waals surface area contributed by atoms with Gasteiger partial charge in [-0.3, -0.25) is 9.59 Å². The fraction of sp³-hybridized carbons (Fsp3) is 0.417. The average molecular weight is 394 g/mol. The van der Waals surface area contributed by atoms with E-state index in [2.05, 4.69) is 5.32 Å². The fourth-order valence-electron chi connectivity index (χ4n) is 4.63. The first kappa shape index (κ1) is 19.6. The van der Waals surface area contributed by atoms with Gasteiger partial charge in [0.25, 0.3) is 0 Å². The summed E-state index contributed by atoms with van der Waals surface area (Å²) in [6.07, 6.45) is 4.13. The molecule has 0 aromatic heterocycles. The number of amides is 2. The highest BCUT2D eigenvalue weighted by molar-refractivity contribution is 5.86. The van der Waals surface area contributed by atoms with Gasteiger partial charge < -0.3 is 10.2 Å². The average Bonchev–Trinajstić information content (AvgIpc) is 3.12. The van der Waals surface area contributed by atoms with E-state index in [1.54, 1.807) is 19.2 Å². The zero-order valence-electron chi connectivity index (χ0n) is 16.8. The van der Waals surface area contributed by atoms with E-state index in [1.165, 1.54) is 6.07 Å². The van der Waals surface area contributed by atoms with E-state index in [9.17, 15) is 14.0 Å².